The molecule has 5 nitrogen and oxygen atoms in total. The third kappa shape index (κ3) is 3.04. The second-order valence-corrected chi connectivity index (χ2v) is 2.81. The number of nitrogens with zero attached hydrogens (tertiary/aromatic N) is 2. The van der Waals surface area contributed by atoms with Crippen LogP contribution in [0.25, 0.3) is 0 Å². The lowest BCUT2D eigenvalue weighted by molar-refractivity contribution is 0.0163. The van der Waals surface area contributed by atoms with Crippen molar-refractivity contribution in [1.29, 1.82) is 0 Å². The number of aromatic nitrogens is 2. The number of methoxy groups -OCH3 is 2. The van der Waals surface area contributed by atoms with Gasteiger partial charge in [-0.2, -0.15) is 5.10 Å². The molecule has 1 unspecified atom stereocenters. The highest BCUT2D eigenvalue weighted by Gasteiger charge is 2.07. The molecule has 0 amide bonds. The molecule has 1 aromatic rings. The number of hydrogen-bond donors (Lipinski definition) is 1. The molecule has 0 bridgehead atoms. The van der Waals surface area contributed by atoms with Crippen molar-refractivity contribution >= 4 is 5.69 Å². The summed E-state index contributed by atoms with van der Waals surface area (Å²) in [4.78, 5) is 0. The van der Waals surface area contributed by atoms with Crippen LogP contribution in [0.5, 0.6) is 0 Å². The Morgan fingerprint density at radius 2 is 2.38 bits per heavy atom. The summed E-state index contributed by atoms with van der Waals surface area (Å²) in [7, 11) is 3.29. The maximum absolute atomic E-state index is 5.51. The summed E-state index contributed by atoms with van der Waals surface area (Å²) in [5, 5.41) is 4.04. The molecule has 0 radical (unpaired) electrons. The molecule has 0 spiro atoms. The van der Waals surface area contributed by atoms with Gasteiger partial charge in [0.2, 0.25) is 0 Å². The van der Waals surface area contributed by atoms with Crippen molar-refractivity contribution in [2.24, 2.45) is 0 Å². The molecule has 5 heteroatoms. The molecule has 74 valence electrons. The monoisotopic (exact) mass is 185 g/mol. The molecular weight excluding hydrogens is 170 g/mol. The van der Waals surface area contributed by atoms with Gasteiger partial charge in [0, 0.05) is 20.4 Å². The predicted molar refractivity (Wildman–Crippen MR) is 49.3 cm³/mol. The van der Waals surface area contributed by atoms with Gasteiger partial charge >= 0.3 is 0 Å². The summed E-state index contributed by atoms with van der Waals surface area (Å²) in [6, 6.07) is 0. The zero-order chi connectivity index (χ0) is 9.68. The average molecular weight is 185 g/mol. The van der Waals surface area contributed by atoms with Crippen molar-refractivity contribution in [3.8, 4) is 0 Å². The summed E-state index contributed by atoms with van der Waals surface area (Å²) in [6.45, 7) is 1.21. The average Bonchev–Trinajstić information content (AvgIpc) is 2.50. The fourth-order valence-electron chi connectivity index (χ4n) is 1.07. The molecule has 1 heterocycles. The summed E-state index contributed by atoms with van der Waals surface area (Å²) in [5.41, 5.74) is 6.17. The number of rotatable bonds is 5. The first-order valence-electron chi connectivity index (χ1n) is 4.06. The van der Waals surface area contributed by atoms with E-state index in [0.29, 0.717) is 18.8 Å². The molecule has 1 aromatic heterocycles. The fourth-order valence-corrected chi connectivity index (χ4v) is 1.07. The lowest BCUT2D eigenvalue weighted by Gasteiger charge is -2.13. The second kappa shape index (κ2) is 4.84. The summed E-state index contributed by atoms with van der Waals surface area (Å²) < 4.78 is 11.9. The molecule has 0 saturated heterocycles. The minimum atomic E-state index is 0.0179. The van der Waals surface area contributed by atoms with E-state index in [0.717, 1.165) is 0 Å². The molecule has 2 N–H and O–H groups in total. The van der Waals surface area contributed by atoms with E-state index in [4.69, 9.17) is 15.2 Å². The van der Waals surface area contributed by atoms with Crippen molar-refractivity contribution in [2.45, 2.75) is 12.6 Å². The van der Waals surface area contributed by atoms with Crippen LogP contribution in [0.2, 0.25) is 0 Å². The molecule has 0 aliphatic heterocycles. The van der Waals surface area contributed by atoms with E-state index >= 15 is 0 Å². The largest absolute Gasteiger partial charge is 0.396 e. The minimum Gasteiger partial charge on any atom is -0.396 e. The number of nitrogen functional groups attached to an aromatic ring is 1. The van der Waals surface area contributed by atoms with Gasteiger partial charge in [-0.1, -0.05) is 0 Å². The summed E-state index contributed by atoms with van der Waals surface area (Å²) in [6.07, 6.45) is 3.39. The van der Waals surface area contributed by atoms with Gasteiger partial charge in [-0.15, -0.1) is 0 Å². The van der Waals surface area contributed by atoms with Crippen molar-refractivity contribution in [2.75, 3.05) is 26.6 Å². The first-order valence-corrected chi connectivity index (χ1v) is 4.06. The SMILES string of the molecule is COCC(Cn1cc(N)cn1)OC. The number of ether oxygens (including phenoxy) is 2. The normalized spacial score (nSPS) is 13.1. The number of anilines is 1. The highest BCUT2D eigenvalue weighted by Crippen LogP contribution is 2.01. The first kappa shape index (κ1) is 10.0. The van der Waals surface area contributed by atoms with Crippen LogP contribution in [0.4, 0.5) is 5.69 Å². The standard InChI is InChI=1S/C8H15N3O2/c1-12-6-8(13-2)5-11-4-7(9)3-10-11/h3-4,8H,5-6,9H2,1-2H3. The maximum Gasteiger partial charge on any atom is 0.0999 e. The van der Waals surface area contributed by atoms with Crippen LogP contribution in [-0.2, 0) is 16.0 Å². The molecule has 0 aliphatic rings. The Bertz CT molecular complexity index is 249. The number of nitrogens with two attached hydrogens (primary N) is 1. The van der Waals surface area contributed by atoms with Gasteiger partial charge in [0.15, 0.2) is 0 Å². The molecule has 0 aromatic carbocycles. The topological polar surface area (TPSA) is 62.3 Å². The first-order chi connectivity index (χ1) is 6.26. The van der Waals surface area contributed by atoms with Crippen LogP contribution >= 0.6 is 0 Å². The van der Waals surface area contributed by atoms with Crippen LogP contribution in [0, 0.1) is 0 Å². The molecule has 0 saturated carbocycles. The quantitative estimate of drug-likeness (QED) is 0.708. The van der Waals surface area contributed by atoms with Gasteiger partial charge in [-0.25, -0.2) is 0 Å². The van der Waals surface area contributed by atoms with Gasteiger partial charge < -0.3 is 15.2 Å². The van der Waals surface area contributed by atoms with E-state index in [-0.39, 0.29) is 6.10 Å². The molecule has 0 fully saturated rings. The number of hydrogen-bond acceptors (Lipinski definition) is 4. The van der Waals surface area contributed by atoms with Gasteiger partial charge in [0.05, 0.1) is 31.1 Å². The lowest BCUT2D eigenvalue weighted by atomic mass is 10.4. The van der Waals surface area contributed by atoms with Crippen LogP contribution in [0.3, 0.4) is 0 Å². The van der Waals surface area contributed by atoms with Gasteiger partial charge in [-0.05, 0) is 0 Å². The smallest absolute Gasteiger partial charge is 0.0999 e. The fraction of sp³-hybridized carbons (Fsp3) is 0.625. The van der Waals surface area contributed by atoms with E-state index in [1.165, 1.54) is 0 Å². The van der Waals surface area contributed by atoms with Crippen LogP contribution in [0.15, 0.2) is 12.4 Å². The Balaban J connectivity index is 2.46. The van der Waals surface area contributed by atoms with Gasteiger partial charge in [-0.3, -0.25) is 4.68 Å². The van der Waals surface area contributed by atoms with Crippen LogP contribution < -0.4 is 5.73 Å². The molecule has 1 atom stereocenters. The third-order valence-corrected chi connectivity index (χ3v) is 1.73. The van der Waals surface area contributed by atoms with Crippen molar-refractivity contribution in [3.63, 3.8) is 0 Å². The van der Waals surface area contributed by atoms with E-state index in [2.05, 4.69) is 5.10 Å². The third-order valence-electron chi connectivity index (χ3n) is 1.73. The Kier molecular flexibility index (Phi) is 3.72. The Labute approximate surface area is 77.4 Å². The molecule has 0 aliphatic carbocycles. The Morgan fingerprint density at radius 3 is 2.85 bits per heavy atom. The van der Waals surface area contributed by atoms with E-state index in [1.807, 2.05) is 0 Å². The van der Waals surface area contributed by atoms with Crippen molar-refractivity contribution < 1.29 is 9.47 Å². The molecular formula is C8H15N3O2. The Morgan fingerprint density at radius 1 is 1.62 bits per heavy atom. The zero-order valence-electron chi connectivity index (χ0n) is 7.93. The van der Waals surface area contributed by atoms with Crippen molar-refractivity contribution in [1.82, 2.24) is 9.78 Å². The summed E-state index contributed by atoms with van der Waals surface area (Å²) in [5.74, 6) is 0. The van der Waals surface area contributed by atoms with Gasteiger partial charge in [0.25, 0.3) is 0 Å². The van der Waals surface area contributed by atoms with Crippen LogP contribution in [0.1, 0.15) is 0 Å². The minimum absolute atomic E-state index is 0.0179. The van der Waals surface area contributed by atoms with Crippen LogP contribution in [-0.4, -0.2) is 36.7 Å². The van der Waals surface area contributed by atoms with E-state index in [9.17, 15) is 0 Å². The summed E-state index contributed by atoms with van der Waals surface area (Å²) >= 11 is 0. The molecule has 1 rings (SSSR count). The Hall–Kier alpha value is -1.07. The van der Waals surface area contributed by atoms with E-state index < -0.39 is 0 Å². The maximum atomic E-state index is 5.51. The zero-order valence-corrected chi connectivity index (χ0v) is 7.93. The van der Waals surface area contributed by atoms with Crippen molar-refractivity contribution in [3.05, 3.63) is 12.4 Å². The van der Waals surface area contributed by atoms with Gasteiger partial charge in [0.1, 0.15) is 0 Å². The lowest BCUT2D eigenvalue weighted by Crippen LogP contribution is -2.23. The highest BCUT2D eigenvalue weighted by molar-refractivity contribution is 5.30. The second-order valence-electron chi connectivity index (χ2n) is 2.81. The molecule has 13 heavy (non-hydrogen) atoms. The highest BCUT2D eigenvalue weighted by atomic mass is 16.5. The predicted octanol–water partition coefficient (Wildman–Crippen LogP) is 0.127. The van der Waals surface area contributed by atoms with E-state index in [1.54, 1.807) is 31.3 Å².